The first kappa shape index (κ1) is 13.4. The lowest BCUT2D eigenvalue weighted by Crippen LogP contribution is -2.32. The van der Waals surface area contributed by atoms with Crippen molar-refractivity contribution in [3.8, 4) is 5.75 Å². The zero-order chi connectivity index (χ0) is 13.3. The molecule has 100 valence electrons. The van der Waals surface area contributed by atoms with Crippen LogP contribution < -0.4 is 15.8 Å². The summed E-state index contributed by atoms with van der Waals surface area (Å²) >= 11 is 0. The summed E-state index contributed by atoms with van der Waals surface area (Å²) in [4.78, 5) is 0. The quantitative estimate of drug-likeness (QED) is 0.840. The van der Waals surface area contributed by atoms with Gasteiger partial charge < -0.3 is 15.8 Å². The van der Waals surface area contributed by atoms with Gasteiger partial charge >= 0.3 is 0 Å². The lowest BCUT2D eigenvalue weighted by atomic mass is 9.87. The SMILES string of the molecule is CNCC1(C(N)c2c(C)cc(C)cc2OC)CC1. The van der Waals surface area contributed by atoms with Crippen LogP contribution in [0.3, 0.4) is 0 Å². The topological polar surface area (TPSA) is 47.3 Å². The van der Waals surface area contributed by atoms with Crippen LogP contribution in [0.1, 0.15) is 35.6 Å². The lowest BCUT2D eigenvalue weighted by Gasteiger charge is -2.27. The normalized spacial score (nSPS) is 18.5. The first-order valence-corrected chi connectivity index (χ1v) is 6.59. The van der Waals surface area contributed by atoms with E-state index in [1.807, 2.05) is 7.05 Å². The fourth-order valence-electron chi connectivity index (χ4n) is 2.92. The fourth-order valence-corrected chi connectivity index (χ4v) is 2.92. The molecule has 0 aromatic heterocycles. The molecule has 1 saturated carbocycles. The van der Waals surface area contributed by atoms with Crippen molar-refractivity contribution in [2.24, 2.45) is 11.1 Å². The standard InChI is InChI=1S/C15H24N2O/c1-10-7-11(2)13(12(8-10)18-4)14(16)15(5-6-15)9-17-3/h7-8,14,17H,5-6,9,16H2,1-4H3. The van der Waals surface area contributed by atoms with Crippen LogP contribution in [0.2, 0.25) is 0 Å². The van der Waals surface area contributed by atoms with Gasteiger partial charge in [0.15, 0.2) is 0 Å². The van der Waals surface area contributed by atoms with Crippen molar-refractivity contribution in [1.82, 2.24) is 5.32 Å². The van der Waals surface area contributed by atoms with E-state index < -0.39 is 0 Å². The molecule has 0 radical (unpaired) electrons. The molecule has 3 heteroatoms. The highest BCUT2D eigenvalue weighted by Gasteiger charge is 2.48. The van der Waals surface area contributed by atoms with E-state index in [2.05, 4.69) is 31.3 Å². The van der Waals surface area contributed by atoms with Gasteiger partial charge in [-0.15, -0.1) is 0 Å². The summed E-state index contributed by atoms with van der Waals surface area (Å²) in [5.74, 6) is 0.933. The number of ether oxygens (including phenoxy) is 1. The van der Waals surface area contributed by atoms with Gasteiger partial charge in [0.05, 0.1) is 7.11 Å². The van der Waals surface area contributed by atoms with Crippen molar-refractivity contribution >= 4 is 0 Å². The van der Waals surface area contributed by atoms with Crippen molar-refractivity contribution in [2.45, 2.75) is 32.7 Å². The molecule has 0 amide bonds. The monoisotopic (exact) mass is 248 g/mol. The highest BCUT2D eigenvalue weighted by molar-refractivity contribution is 5.46. The summed E-state index contributed by atoms with van der Waals surface area (Å²) in [6, 6.07) is 4.32. The van der Waals surface area contributed by atoms with Crippen LogP contribution in [0.5, 0.6) is 5.75 Å². The maximum absolute atomic E-state index is 6.53. The van der Waals surface area contributed by atoms with Gasteiger partial charge in [0, 0.05) is 23.6 Å². The van der Waals surface area contributed by atoms with Crippen molar-refractivity contribution in [1.29, 1.82) is 0 Å². The van der Waals surface area contributed by atoms with Crippen LogP contribution in [0, 0.1) is 19.3 Å². The van der Waals surface area contributed by atoms with E-state index >= 15 is 0 Å². The number of methoxy groups -OCH3 is 1. The molecular weight excluding hydrogens is 224 g/mol. The Labute approximate surface area is 110 Å². The third-order valence-corrected chi connectivity index (χ3v) is 4.10. The average molecular weight is 248 g/mol. The molecule has 3 N–H and O–H groups in total. The summed E-state index contributed by atoms with van der Waals surface area (Å²) in [5, 5.41) is 3.27. The van der Waals surface area contributed by atoms with E-state index in [0.29, 0.717) is 0 Å². The minimum absolute atomic E-state index is 0.0560. The van der Waals surface area contributed by atoms with Crippen molar-refractivity contribution in [3.63, 3.8) is 0 Å². The van der Waals surface area contributed by atoms with Crippen LogP contribution in [-0.2, 0) is 0 Å². The number of aryl methyl sites for hydroxylation is 2. The van der Waals surface area contributed by atoms with Gasteiger partial charge in [-0.2, -0.15) is 0 Å². The Morgan fingerprint density at radius 2 is 2.06 bits per heavy atom. The predicted molar refractivity (Wildman–Crippen MR) is 75.0 cm³/mol. The van der Waals surface area contributed by atoms with Gasteiger partial charge in [0.1, 0.15) is 5.75 Å². The van der Waals surface area contributed by atoms with E-state index in [0.717, 1.165) is 12.3 Å². The molecule has 0 heterocycles. The Morgan fingerprint density at radius 1 is 1.39 bits per heavy atom. The third-order valence-electron chi connectivity index (χ3n) is 4.10. The summed E-state index contributed by atoms with van der Waals surface area (Å²) in [6.07, 6.45) is 2.40. The van der Waals surface area contributed by atoms with Gasteiger partial charge in [-0.25, -0.2) is 0 Å². The Balaban J connectivity index is 2.38. The molecule has 0 aliphatic heterocycles. The number of hydrogen-bond donors (Lipinski definition) is 2. The Kier molecular flexibility index (Phi) is 3.64. The van der Waals surface area contributed by atoms with Crippen LogP contribution in [-0.4, -0.2) is 20.7 Å². The molecule has 1 atom stereocenters. The predicted octanol–water partition coefficient (Wildman–Crippen LogP) is 2.31. The minimum atomic E-state index is 0.0560. The number of nitrogens with one attached hydrogen (secondary N) is 1. The van der Waals surface area contributed by atoms with Crippen molar-refractivity contribution < 1.29 is 4.74 Å². The molecule has 1 aromatic rings. The smallest absolute Gasteiger partial charge is 0.124 e. The zero-order valence-corrected chi connectivity index (χ0v) is 11.8. The van der Waals surface area contributed by atoms with E-state index in [9.17, 15) is 0 Å². The van der Waals surface area contributed by atoms with Gasteiger partial charge in [0.25, 0.3) is 0 Å². The van der Waals surface area contributed by atoms with Gasteiger partial charge in [-0.3, -0.25) is 0 Å². The number of nitrogens with two attached hydrogens (primary N) is 1. The Morgan fingerprint density at radius 3 is 2.56 bits per heavy atom. The van der Waals surface area contributed by atoms with Crippen LogP contribution in [0.25, 0.3) is 0 Å². The molecule has 0 saturated heterocycles. The molecule has 0 bridgehead atoms. The van der Waals surface area contributed by atoms with E-state index in [1.165, 1.54) is 29.5 Å². The first-order valence-electron chi connectivity index (χ1n) is 6.59. The number of benzene rings is 1. The second-order valence-corrected chi connectivity index (χ2v) is 5.57. The van der Waals surface area contributed by atoms with Crippen molar-refractivity contribution in [3.05, 3.63) is 28.8 Å². The molecule has 1 fully saturated rings. The summed E-state index contributed by atoms with van der Waals surface area (Å²) < 4.78 is 5.53. The summed E-state index contributed by atoms with van der Waals surface area (Å²) in [6.45, 7) is 5.19. The first-order chi connectivity index (χ1) is 8.54. The lowest BCUT2D eigenvalue weighted by molar-refractivity contribution is 0.362. The molecule has 18 heavy (non-hydrogen) atoms. The summed E-state index contributed by atoms with van der Waals surface area (Å²) in [5.41, 5.74) is 10.4. The third kappa shape index (κ3) is 2.25. The molecule has 0 spiro atoms. The second kappa shape index (κ2) is 4.90. The second-order valence-electron chi connectivity index (χ2n) is 5.57. The highest BCUT2D eigenvalue weighted by atomic mass is 16.5. The van der Waals surface area contributed by atoms with E-state index in [-0.39, 0.29) is 11.5 Å². The van der Waals surface area contributed by atoms with Crippen LogP contribution in [0.4, 0.5) is 0 Å². The maximum atomic E-state index is 6.53. The molecule has 2 rings (SSSR count). The fraction of sp³-hybridized carbons (Fsp3) is 0.600. The molecule has 1 aromatic carbocycles. The molecular formula is C15H24N2O. The van der Waals surface area contributed by atoms with Gasteiger partial charge in [-0.1, -0.05) is 6.07 Å². The number of rotatable bonds is 5. The average Bonchev–Trinajstić information content (AvgIpc) is 3.08. The molecule has 3 nitrogen and oxygen atoms in total. The Hall–Kier alpha value is -1.06. The Bertz CT molecular complexity index is 438. The van der Waals surface area contributed by atoms with Gasteiger partial charge in [0.2, 0.25) is 0 Å². The highest BCUT2D eigenvalue weighted by Crippen LogP contribution is 2.55. The molecule has 1 aliphatic rings. The van der Waals surface area contributed by atoms with Crippen LogP contribution in [0.15, 0.2) is 12.1 Å². The maximum Gasteiger partial charge on any atom is 0.124 e. The minimum Gasteiger partial charge on any atom is -0.496 e. The largest absolute Gasteiger partial charge is 0.496 e. The number of hydrogen-bond acceptors (Lipinski definition) is 3. The van der Waals surface area contributed by atoms with Gasteiger partial charge in [-0.05, 0) is 50.9 Å². The summed E-state index contributed by atoms with van der Waals surface area (Å²) in [7, 11) is 3.72. The molecule has 1 unspecified atom stereocenters. The zero-order valence-electron chi connectivity index (χ0n) is 11.8. The van der Waals surface area contributed by atoms with E-state index in [1.54, 1.807) is 7.11 Å². The van der Waals surface area contributed by atoms with Crippen molar-refractivity contribution in [2.75, 3.05) is 20.7 Å². The van der Waals surface area contributed by atoms with E-state index in [4.69, 9.17) is 10.5 Å². The molecule has 1 aliphatic carbocycles. The van der Waals surface area contributed by atoms with Crippen LogP contribution >= 0.6 is 0 Å².